The van der Waals surface area contributed by atoms with Crippen LogP contribution in [-0.2, 0) is 16.8 Å². The zero-order valence-electron chi connectivity index (χ0n) is 18.5. The highest BCUT2D eigenvalue weighted by molar-refractivity contribution is 5.75. The Labute approximate surface area is 190 Å². The Morgan fingerprint density at radius 3 is 2.48 bits per heavy atom. The van der Waals surface area contributed by atoms with E-state index in [4.69, 9.17) is 10.3 Å². The number of anilines is 1. The van der Waals surface area contributed by atoms with Gasteiger partial charge in [-0.15, -0.1) is 0 Å². The molecule has 1 aliphatic rings. The number of likely N-dealkylation sites (N-methyl/N-ethyl adjacent to an activating group) is 1. The van der Waals surface area contributed by atoms with Gasteiger partial charge in [-0.3, -0.25) is 4.79 Å². The van der Waals surface area contributed by atoms with Crippen molar-refractivity contribution in [3.63, 3.8) is 0 Å². The number of nitrogens with zero attached hydrogens (tertiary/aromatic N) is 7. The van der Waals surface area contributed by atoms with E-state index in [1.807, 2.05) is 0 Å². The molecule has 1 fully saturated rings. The molecule has 10 heteroatoms. The number of rotatable bonds is 6. The minimum atomic E-state index is -0.276. The molecule has 0 atom stereocenters. The lowest BCUT2D eigenvalue weighted by atomic mass is 9.64. The first kappa shape index (κ1) is 20.8. The normalized spacial score (nSPS) is 14.6. The summed E-state index contributed by atoms with van der Waals surface area (Å²) < 4.78 is 7.27. The maximum Gasteiger partial charge on any atom is 0.278 e. The van der Waals surface area contributed by atoms with E-state index in [0.717, 1.165) is 36.0 Å². The van der Waals surface area contributed by atoms with Gasteiger partial charge in [-0.25, -0.2) is 15.0 Å². The van der Waals surface area contributed by atoms with Gasteiger partial charge in [0.25, 0.3) is 5.89 Å². The van der Waals surface area contributed by atoms with Crippen LogP contribution >= 0.6 is 0 Å². The maximum absolute atomic E-state index is 11.9. The summed E-state index contributed by atoms with van der Waals surface area (Å²) in [4.78, 5) is 30.6. The number of carbonyl (C=O) groups is 1. The third-order valence-electron chi connectivity index (χ3n) is 6.17. The van der Waals surface area contributed by atoms with Crippen molar-refractivity contribution in [1.82, 2.24) is 34.6 Å². The number of imidazole rings is 1. The van der Waals surface area contributed by atoms with E-state index in [1.54, 1.807) is 43.6 Å². The van der Waals surface area contributed by atoms with Gasteiger partial charge in [0.15, 0.2) is 5.82 Å². The predicted octanol–water partition coefficient (Wildman–Crippen LogP) is 2.53. The van der Waals surface area contributed by atoms with Crippen LogP contribution in [0.2, 0.25) is 0 Å². The fourth-order valence-electron chi connectivity index (χ4n) is 4.02. The van der Waals surface area contributed by atoms with Gasteiger partial charge in [-0.1, -0.05) is 35.8 Å². The highest BCUT2D eigenvalue weighted by Gasteiger charge is 2.44. The fraction of sp³-hybridized carbons (Fsp3) is 0.304. The first-order valence-corrected chi connectivity index (χ1v) is 10.7. The lowest BCUT2D eigenvalue weighted by molar-refractivity contribution is -0.129. The van der Waals surface area contributed by atoms with Crippen molar-refractivity contribution in [3.05, 3.63) is 60.6 Å². The molecular formula is C23H24N8O2. The van der Waals surface area contributed by atoms with E-state index >= 15 is 0 Å². The van der Waals surface area contributed by atoms with Gasteiger partial charge in [0.1, 0.15) is 12.2 Å². The van der Waals surface area contributed by atoms with Crippen molar-refractivity contribution in [2.75, 3.05) is 19.8 Å². The number of nitrogen functional groups attached to an aromatic ring is 1. The van der Waals surface area contributed by atoms with Crippen LogP contribution in [0.3, 0.4) is 0 Å². The second-order valence-corrected chi connectivity index (χ2v) is 8.49. The summed E-state index contributed by atoms with van der Waals surface area (Å²) >= 11 is 0. The number of benzene rings is 1. The standard InChI is InChI=1S/C23H24N8O2/c1-30(2)19(32)13-31-12-18(27-14-31)20-28-21(29-33-20)23(8-3-9-23)17-6-4-15(5-7-17)16-10-25-22(24)26-11-16/h4-7,10-12,14H,3,8-9,13H2,1-2H3,(H2,24,25,26). The van der Waals surface area contributed by atoms with Gasteiger partial charge in [-0.05, 0) is 24.0 Å². The van der Waals surface area contributed by atoms with Crippen LogP contribution in [0.4, 0.5) is 5.95 Å². The number of hydrogen-bond donors (Lipinski definition) is 1. The molecule has 168 valence electrons. The Kier molecular flexibility index (Phi) is 5.12. The van der Waals surface area contributed by atoms with Crippen molar-refractivity contribution in [1.29, 1.82) is 0 Å². The molecule has 0 aliphatic heterocycles. The average Bonchev–Trinajstić information content (AvgIpc) is 3.44. The molecule has 2 N–H and O–H groups in total. The molecule has 1 saturated carbocycles. The Hall–Kier alpha value is -4.08. The summed E-state index contributed by atoms with van der Waals surface area (Å²) in [6.45, 7) is 0.205. The van der Waals surface area contributed by atoms with E-state index in [9.17, 15) is 4.79 Å². The van der Waals surface area contributed by atoms with E-state index in [0.29, 0.717) is 17.4 Å². The first-order valence-electron chi connectivity index (χ1n) is 10.7. The van der Waals surface area contributed by atoms with Gasteiger partial charge < -0.3 is 19.7 Å². The number of carbonyl (C=O) groups excluding carboxylic acids is 1. The van der Waals surface area contributed by atoms with Crippen LogP contribution in [0.1, 0.15) is 30.7 Å². The van der Waals surface area contributed by atoms with Crippen LogP contribution in [0.5, 0.6) is 0 Å². The minimum Gasteiger partial charge on any atom is -0.368 e. The van der Waals surface area contributed by atoms with Crippen LogP contribution in [0.25, 0.3) is 22.7 Å². The zero-order valence-corrected chi connectivity index (χ0v) is 18.5. The van der Waals surface area contributed by atoms with Gasteiger partial charge in [-0.2, -0.15) is 4.98 Å². The molecular weight excluding hydrogens is 420 g/mol. The third kappa shape index (κ3) is 3.84. The molecule has 0 spiro atoms. The van der Waals surface area contributed by atoms with Crippen molar-refractivity contribution < 1.29 is 9.32 Å². The summed E-state index contributed by atoms with van der Waals surface area (Å²) in [6, 6.07) is 8.30. The molecule has 1 amide bonds. The van der Waals surface area contributed by atoms with Crippen LogP contribution < -0.4 is 5.73 Å². The number of amides is 1. The van der Waals surface area contributed by atoms with E-state index in [1.165, 1.54) is 4.90 Å². The smallest absolute Gasteiger partial charge is 0.278 e. The number of nitrogens with two attached hydrogens (primary N) is 1. The minimum absolute atomic E-state index is 0.0208. The molecule has 0 radical (unpaired) electrons. The predicted molar refractivity (Wildman–Crippen MR) is 121 cm³/mol. The monoisotopic (exact) mass is 444 g/mol. The summed E-state index contributed by atoms with van der Waals surface area (Å²) in [5, 5.41) is 4.31. The lowest BCUT2D eigenvalue weighted by Gasteiger charge is -2.39. The van der Waals surface area contributed by atoms with E-state index < -0.39 is 0 Å². The highest BCUT2D eigenvalue weighted by atomic mass is 16.5. The second-order valence-electron chi connectivity index (χ2n) is 8.49. The fourth-order valence-corrected chi connectivity index (χ4v) is 4.02. The Morgan fingerprint density at radius 2 is 1.85 bits per heavy atom. The molecule has 5 rings (SSSR count). The van der Waals surface area contributed by atoms with Crippen molar-refractivity contribution in [2.45, 2.75) is 31.2 Å². The van der Waals surface area contributed by atoms with E-state index in [-0.39, 0.29) is 23.8 Å². The molecule has 0 saturated heterocycles. The molecule has 0 unspecified atom stereocenters. The topological polar surface area (TPSA) is 129 Å². The molecule has 10 nitrogen and oxygen atoms in total. The third-order valence-corrected chi connectivity index (χ3v) is 6.17. The molecule has 1 aromatic carbocycles. The molecule has 0 bridgehead atoms. The molecule has 33 heavy (non-hydrogen) atoms. The quantitative estimate of drug-likeness (QED) is 0.480. The molecule has 3 heterocycles. The Bertz CT molecular complexity index is 1270. The average molecular weight is 444 g/mol. The second kappa shape index (κ2) is 8.12. The SMILES string of the molecule is CN(C)C(=O)Cn1cnc(-c2nc(C3(c4ccc(-c5cnc(N)nc5)cc4)CCC3)no2)c1. The van der Waals surface area contributed by atoms with Crippen molar-refractivity contribution in [3.8, 4) is 22.7 Å². The number of aromatic nitrogens is 6. The van der Waals surface area contributed by atoms with Crippen molar-refractivity contribution >= 4 is 11.9 Å². The summed E-state index contributed by atoms with van der Waals surface area (Å²) in [6.07, 6.45) is 9.76. The highest BCUT2D eigenvalue weighted by Crippen LogP contribution is 2.48. The van der Waals surface area contributed by atoms with Crippen LogP contribution in [0, 0.1) is 0 Å². The Balaban J connectivity index is 1.38. The van der Waals surface area contributed by atoms with Gasteiger partial charge in [0.05, 0.1) is 11.7 Å². The first-order chi connectivity index (χ1) is 15.9. The lowest BCUT2D eigenvalue weighted by Crippen LogP contribution is -2.36. The van der Waals surface area contributed by atoms with Gasteiger partial charge in [0.2, 0.25) is 11.9 Å². The zero-order chi connectivity index (χ0) is 23.0. The maximum atomic E-state index is 11.9. The Morgan fingerprint density at radius 1 is 1.12 bits per heavy atom. The van der Waals surface area contributed by atoms with Crippen LogP contribution in [0.15, 0.2) is 53.7 Å². The number of hydrogen-bond acceptors (Lipinski definition) is 8. The van der Waals surface area contributed by atoms with Crippen molar-refractivity contribution in [2.24, 2.45) is 0 Å². The molecule has 1 aliphatic carbocycles. The van der Waals surface area contributed by atoms with E-state index in [2.05, 4.69) is 49.4 Å². The van der Waals surface area contributed by atoms with Gasteiger partial charge >= 0.3 is 0 Å². The summed E-state index contributed by atoms with van der Waals surface area (Å²) in [5.41, 5.74) is 8.92. The van der Waals surface area contributed by atoms with Gasteiger partial charge in [0, 0.05) is 38.2 Å². The summed E-state index contributed by atoms with van der Waals surface area (Å²) in [7, 11) is 3.44. The molecule has 4 aromatic rings. The summed E-state index contributed by atoms with van der Waals surface area (Å²) in [5.74, 6) is 1.24. The molecule has 3 aromatic heterocycles. The largest absolute Gasteiger partial charge is 0.368 e. The van der Waals surface area contributed by atoms with Crippen LogP contribution in [-0.4, -0.2) is 54.6 Å².